The van der Waals surface area contributed by atoms with Crippen LogP contribution in [0, 0.1) is 0 Å². The molecule has 0 amide bonds. The molecule has 0 aliphatic rings. The van der Waals surface area contributed by atoms with Gasteiger partial charge in [-0.1, -0.05) is 267 Å². The third kappa shape index (κ3) is 9.01. The van der Waals surface area contributed by atoms with Gasteiger partial charge in [-0.05, 0) is 76.9 Å². The van der Waals surface area contributed by atoms with E-state index in [0.717, 1.165) is 133 Å². The molecule has 5 aromatic heterocycles. The van der Waals surface area contributed by atoms with Crippen LogP contribution in [0.4, 0.5) is 0 Å². The lowest BCUT2D eigenvalue weighted by Gasteiger charge is -2.26. The Morgan fingerprint density at radius 1 is 0.183 bits per heavy atom. The van der Waals surface area contributed by atoms with Gasteiger partial charge in [0.25, 0.3) is 0 Å². The lowest BCUT2D eigenvalue weighted by molar-refractivity contribution is 1.03. The highest BCUT2D eigenvalue weighted by molar-refractivity contribution is 6.16. The highest BCUT2D eigenvalue weighted by Gasteiger charge is 2.33. The quantitative estimate of drug-likeness (QED) is 0.128. The van der Waals surface area contributed by atoms with Gasteiger partial charge in [0.05, 0.1) is 55.7 Å². The van der Waals surface area contributed by atoms with E-state index in [1.165, 1.54) is 0 Å². The molecule has 0 atom stereocenters. The molecule has 13 aromatic carbocycles. The van der Waals surface area contributed by atoms with Gasteiger partial charge >= 0.3 is 0 Å². The minimum atomic E-state index is 0.443. The molecule has 18 rings (SSSR count). The van der Waals surface area contributed by atoms with Gasteiger partial charge in [-0.2, -0.15) is 0 Å². The summed E-state index contributed by atoms with van der Waals surface area (Å²) >= 11 is 0. The normalized spacial score (nSPS) is 11.7. The van der Waals surface area contributed by atoms with Crippen LogP contribution in [0.2, 0.25) is 0 Å². The number of nitrogens with zero attached hydrogens (tertiary/aromatic N) is 9. The van der Waals surface area contributed by atoms with Crippen LogP contribution < -0.4 is 0 Å². The number of benzene rings is 13. The Kier molecular flexibility index (Phi) is 12.7. The number of fused-ring (bicyclic) bond motifs is 9. The number of hydrogen-bond donors (Lipinski definition) is 0. The van der Waals surface area contributed by atoms with E-state index in [-0.39, 0.29) is 0 Å². The Bertz CT molecular complexity index is 5590. The summed E-state index contributed by atoms with van der Waals surface area (Å²) in [7, 11) is 0. The van der Waals surface area contributed by atoms with E-state index in [4.69, 9.17) is 29.9 Å². The van der Waals surface area contributed by atoms with Crippen molar-refractivity contribution in [3.63, 3.8) is 0 Å². The standard InChI is InChI=1S/C84H53N9/c1-7-27-54(28-8-1)60-47-49-73-66(51-60)67-52-61(55-29-9-2-10-30-55)48-50-74(67)91(73)75-53-68(83-87-79(56-31-11-3-12-32-56)85-80(88-83)57-33-13-4-14-34-57)77(92-69-43-23-19-39-62(69)63-40-20-24-44-70(63)92)76(78(75)93-71-45-25-21-41-64(71)65-42-22-26-46-72(65)93)84-89-81(58-35-15-5-16-36-58)86-82(90-84)59-37-17-6-18-38-59/h1-53H. The first-order chi connectivity index (χ1) is 46.1. The van der Waals surface area contributed by atoms with Crippen molar-refractivity contribution >= 4 is 65.4 Å². The predicted octanol–water partition coefficient (Wildman–Crippen LogP) is 20.7. The van der Waals surface area contributed by atoms with E-state index in [2.05, 4.69) is 262 Å². The molecule has 0 saturated heterocycles. The van der Waals surface area contributed by atoms with Crippen LogP contribution in [0.5, 0.6) is 0 Å². The number of aromatic nitrogens is 9. The second kappa shape index (κ2) is 22.1. The van der Waals surface area contributed by atoms with E-state index >= 15 is 0 Å². The van der Waals surface area contributed by atoms with Crippen molar-refractivity contribution in [2.75, 3.05) is 0 Å². The van der Waals surface area contributed by atoms with Crippen molar-refractivity contribution in [2.45, 2.75) is 0 Å². The molecule has 0 unspecified atom stereocenters. The van der Waals surface area contributed by atoms with Gasteiger partial charge in [0.2, 0.25) is 0 Å². The molecule has 18 aromatic rings. The van der Waals surface area contributed by atoms with Crippen molar-refractivity contribution in [3.05, 3.63) is 322 Å². The Labute approximate surface area is 535 Å². The van der Waals surface area contributed by atoms with Crippen LogP contribution in [0.15, 0.2) is 322 Å². The Hall–Kier alpha value is -12.7. The molecule has 0 aliphatic heterocycles. The van der Waals surface area contributed by atoms with E-state index in [9.17, 15) is 0 Å². The summed E-state index contributed by atoms with van der Waals surface area (Å²) in [5.74, 6) is 2.99. The highest BCUT2D eigenvalue weighted by atomic mass is 15.1. The minimum absolute atomic E-state index is 0.443. The average molecular weight is 1190 g/mol. The van der Waals surface area contributed by atoms with Crippen LogP contribution in [0.25, 0.3) is 173 Å². The summed E-state index contributed by atoms with van der Waals surface area (Å²) in [6, 6.07) is 113. The number of para-hydroxylation sites is 4. The zero-order chi connectivity index (χ0) is 61.3. The average Bonchev–Trinajstić information content (AvgIpc) is 1.60. The van der Waals surface area contributed by atoms with E-state index in [1.807, 2.05) is 72.8 Å². The predicted molar refractivity (Wildman–Crippen MR) is 380 cm³/mol. The molecule has 0 bridgehead atoms. The summed E-state index contributed by atoms with van der Waals surface area (Å²) in [5, 5.41) is 6.52. The van der Waals surface area contributed by atoms with Crippen molar-refractivity contribution in [1.82, 2.24) is 43.6 Å². The lowest BCUT2D eigenvalue weighted by atomic mass is 9.98. The monoisotopic (exact) mass is 1190 g/mol. The first-order valence-electron chi connectivity index (χ1n) is 31.3. The maximum absolute atomic E-state index is 5.85. The summed E-state index contributed by atoms with van der Waals surface area (Å²) in [6.45, 7) is 0. The van der Waals surface area contributed by atoms with Crippen molar-refractivity contribution in [3.8, 4) is 108 Å². The van der Waals surface area contributed by atoms with Gasteiger partial charge in [-0.3, -0.25) is 0 Å². The first-order valence-corrected chi connectivity index (χ1v) is 31.3. The van der Waals surface area contributed by atoms with Gasteiger partial charge in [0.15, 0.2) is 34.9 Å². The third-order valence-corrected chi connectivity index (χ3v) is 17.9. The summed E-state index contributed by atoms with van der Waals surface area (Å²) in [6.07, 6.45) is 0. The molecule has 0 radical (unpaired) electrons. The molecular formula is C84H53N9. The van der Waals surface area contributed by atoms with Crippen LogP contribution in [-0.4, -0.2) is 43.6 Å². The molecule has 5 heterocycles. The molecule has 0 saturated carbocycles. The fourth-order valence-corrected chi connectivity index (χ4v) is 13.7. The summed E-state index contributed by atoms with van der Waals surface area (Å²) in [5.41, 5.74) is 17.7. The van der Waals surface area contributed by atoms with Crippen LogP contribution in [0.3, 0.4) is 0 Å². The van der Waals surface area contributed by atoms with Gasteiger partial charge < -0.3 is 13.7 Å². The lowest BCUT2D eigenvalue weighted by Crippen LogP contribution is -2.14. The SMILES string of the molecule is c1ccc(-c2ccc3c(c2)c2cc(-c4ccccc4)ccc2n3-c2cc(-c3nc(-c4ccccc4)nc(-c4ccccc4)n3)c(-n3c4ccccc4c4ccccc43)c(-c3nc(-c4ccccc4)nc(-c4ccccc4)n3)c2-n2c3ccccc3c3ccccc32)cc1. The molecule has 0 spiro atoms. The molecule has 434 valence electrons. The Balaban J connectivity index is 1.12. The van der Waals surface area contributed by atoms with Crippen LogP contribution >= 0.6 is 0 Å². The largest absolute Gasteiger partial charge is 0.308 e. The summed E-state index contributed by atoms with van der Waals surface area (Å²) in [4.78, 5) is 33.9. The van der Waals surface area contributed by atoms with Gasteiger partial charge in [-0.25, -0.2) is 29.9 Å². The zero-order valence-corrected chi connectivity index (χ0v) is 50.1. The van der Waals surface area contributed by atoms with Crippen molar-refractivity contribution in [1.29, 1.82) is 0 Å². The molecule has 0 fully saturated rings. The smallest absolute Gasteiger partial charge is 0.168 e. The van der Waals surface area contributed by atoms with Crippen LogP contribution in [0.1, 0.15) is 0 Å². The molecule has 0 aliphatic carbocycles. The summed E-state index contributed by atoms with van der Waals surface area (Å²) < 4.78 is 7.32. The maximum Gasteiger partial charge on any atom is 0.168 e. The second-order valence-corrected chi connectivity index (χ2v) is 23.4. The van der Waals surface area contributed by atoms with Crippen molar-refractivity contribution < 1.29 is 0 Å². The molecule has 9 nitrogen and oxygen atoms in total. The third-order valence-electron chi connectivity index (χ3n) is 17.9. The number of hydrogen-bond acceptors (Lipinski definition) is 6. The Morgan fingerprint density at radius 3 is 0.817 bits per heavy atom. The topological polar surface area (TPSA) is 92.1 Å². The number of rotatable bonds is 11. The first kappa shape index (κ1) is 53.3. The van der Waals surface area contributed by atoms with Gasteiger partial charge in [0, 0.05) is 60.1 Å². The molecule has 0 N–H and O–H groups in total. The van der Waals surface area contributed by atoms with E-state index in [1.54, 1.807) is 0 Å². The second-order valence-electron chi connectivity index (χ2n) is 23.4. The molecule has 9 heteroatoms. The maximum atomic E-state index is 5.85. The van der Waals surface area contributed by atoms with Crippen molar-refractivity contribution in [2.24, 2.45) is 0 Å². The fourth-order valence-electron chi connectivity index (χ4n) is 13.7. The Morgan fingerprint density at radius 2 is 0.462 bits per heavy atom. The van der Waals surface area contributed by atoms with E-state index < -0.39 is 0 Å². The van der Waals surface area contributed by atoms with Gasteiger partial charge in [-0.15, -0.1) is 0 Å². The van der Waals surface area contributed by atoms with Gasteiger partial charge in [0.1, 0.15) is 0 Å². The van der Waals surface area contributed by atoms with E-state index in [0.29, 0.717) is 40.5 Å². The highest BCUT2D eigenvalue weighted by Crippen LogP contribution is 2.50. The fraction of sp³-hybridized carbons (Fsp3) is 0. The van der Waals surface area contributed by atoms with Crippen LogP contribution in [-0.2, 0) is 0 Å². The molecule has 93 heavy (non-hydrogen) atoms. The molecular weight excluding hydrogens is 1130 g/mol. The minimum Gasteiger partial charge on any atom is -0.308 e. The zero-order valence-electron chi connectivity index (χ0n) is 50.1.